The minimum absolute atomic E-state index is 0.862. The van der Waals surface area contributed by atoms with Crippen molar-refractivity contribution >= 4 is 0 Å². The second kappa shape index (κ2) is 23.2. The monoisotopic (exact) mass is 935 g/mol. The van der Waals surface area contributed by atoms with Gasteiger partial charge in [0.15, 0.2) is 0 Å². The number of hydrogen-bond acceptors (Lipinski definition) is 4. The smallest absolute Gasteiger partial charge is 0.0147 e. The molecule has 0 heterocycles. The van der Waals surface area contributed by atoms with Crippen molar-refractivity contribution in [2.24, 2.45) is 35.5 Å². The molecular weight excluding hydrogens is 825 g/mol. The Labute approximate surface area is 421 Å². The van der Waals surface area contributed by atoms with Crippen molar-refractivity contribution in [3.8, 4) is 0 Å². The van der Waals surface area contributed by atoms with Crippen molar-refractivity contribution < 1.29 is 0 Å². The first-order valence-corrected chi connectivity index (χ1v) is 32.9. The van der Waals surface area contributed by atoms with Gasteiger partial charge in [-0.1, -0.05) is 154 Å². The van der Waals surface area contributed by atoms with Crippen LogP contribution >= 0.6 is 0 Å². The zero-order valence-electron chi connectivity index (χ0n) is 44.7. The van der Waals surface area contributed by atoms with Gasteiger partial charge in [0.05, 0.1) is 0 Å². The van der Waals surface area contributed by atoms with Crippen LogP contribution in [-0.4, -0.2) is 92.1 Å². The zero-order valence-corrected chi connectivity index (χ0v) is 44.7. The summed E-state index contributed by atoms with van der Waals surface area (Å²) in [4.78, 5) is 14.2. The molecule has 0 aromatic rings. The standard InChI is InChI=1S/C64H110N4/c1-9-25-47(26-10-1)65(48-27-11-2-12-28-48)59-45-60(66(49-29-13-3-14-30-49)50-31-15-4-16-32-50)56-43-44-58-62(68(53-37-21-7-22-38-53)54-39-23-8-24-40-54)46-61(57-42-41-55(59)63(56)64(57)58)67(51-33-17-5-18-34-51)52-35-19-6-20-36-52/h47-64H,1-46H2. The van der Waals surface area contributed by atoms with Crippen LogP contribution in [0.25, 0.3) is 0 Å². The summed E-state index contributed by atoms with van der Waals surface area (Å²) in [5, 5.41) is 0. The van der Waals surface area contributed by atoms with E-state index in [4.69, 9.17) is 0 Å². The lowest BCUT2D eigenvalue weighted by atomic mass is 9.44. The molecule has 386 valence electrons. The van der Waals surface area contributed by atoms with Crippen LogP contribution in [0.1, 0.15) is 295 Å². The van der Waals surface area contributed by atoms with E-state index in [1.165, 1.54) is 257 Å². The molecule has 0 N–H and O–H groups in total. The van der Waals surface area contributed by atoms with Crippen LogP contribution in [0.5, 0.6) is 0 Å². The van der Waals surface area contributed by atoms with Crippen LogP contribution < -0.4 is 0 Å². The molecule has 0 amide bonds. The van der Waals surface area contributed by atoms with E-state index in [0.717, 1.165) is 108 Å². The molecule has 0 spiro atoms. The summed E-state index contributed by atoms with van der Waals surface area (Å²) in [6.07, 6.45) is 70.4. The van der Waals surface area contributed by atoms with Gasteiger partial charge >= 0.3 is 0 Å². The topological polar surface area (TPSA) is 13.0 Å². The van der Waals surface area contributed by atoms with E-state index in [1.807, 2.05) is 0 Å². The van der Waals surface area contributed by atoms with Gasteiger partial charge in [0.25, 0.3) is 0 Å². The van der Waals surface area contributed by atoms with Crippen molar-refractivity contribution in [3.63, 3.8) is 0 Å². The van der Waals surface area contributed by atoms with Gasteiger partial charge in [-0.3, -0.25) is 19.6 Å². The molecule has 0 radical (unpaired) electrons. The Bertz CT molecular complexity index is 1210. The highest BCUT2D eigenvalue weighted by Gasteiger charge is 2.64. The van der Waals surface area contributed by atoms with Crippen LogP contribution in [0.4, 0.5) is 0 Å². The average Bonchev–Trinajstić information content (AvgIpc) is 3.42. The second-order valence-electron chi connectivity index (χ2n) is 27.8. The third kappa shape index (κ3) is 10.1. The van der Waals surface area contributed by atoms with Crippen molar-refractivity contribution in [3.05, 3.63) is 0 Å². The summed E-state index contributed by atoms with van der Waals surface area (Å²) < 4.78 is 0. The van der Waals surface area contributed by atoms with Crippen LogP contribution in [-0.2, 0) is 0 Å². The predicted molar refractivity (Wildman–Crippen MR) is 286 cm³/mol. The highest BCUT2D eigenvalue weighted by atomic mass is 15.3. The molecule has 68 heavy (non-hydrogen) atoms. The van der Waals surface area contributed by atoms with Crippen molar-refractivity contribution in [1.82, 2.24) is 19.6 Å². The van der Waals surface area contributed by atoms with E-state index < -0.39 is 0 Å². The average molecular weight is 936 g/mol. The molecule has 4 nitrogen and oxygen atoms in total. The quantitative estimate of drug-likeness (QED) is 0.193. The van der Waals surface area contributed by atoms with Gasteiger partial charge in [0.1, 0.15) is 0 Å². The Hall–Kier alpha value is -0.160. The first-order chi connectivity index (χ1) is 33.8. The fourth-order valence-electron chi connectivity index (χ4n) is 22.1. The van der Waals surface area contributed by atoms with Crippen molar-refractivity contribution in [2.75, 3.05) is 0 Å². The number of nitrogens with zero attached hydrogens (tertiary/aromatic N) is 4. The molecule has 12 rings (SSSR count). The third-order valence-corrected chi connectivity index (χ3v) is 24.5. The third-order valence-electron chi connectivity index (χ3n) is 24.5. The van der Waals surface area contributed by atoms with Gasteiger partial charge in [-0.15, -0.1) is 0 Å². The molecule has 8 atom stereocenters. The SMILES string of the molecule is C1CCC(N(C2CCCCC2)C2CC(N(C3CCCCC3)C3CCCCC3)C3CCC4C5C(CCC2C35)C(N(C2CCCCC2)C2CCCCC2)CC4N(C2CCCCC2)C2CCCCC2)CC1. The van der Waals surface area contributed by atoms with Gasteiger partial charge in [-0.25, -0.2) is 0 Å². The normalized spacial score (nSPS) is 40.1. The van der Waals surface area contributed by atoms with E-state index >= 15 is 0 Å². The van der Waals surface area contributed by atoms with Crippen LogP contribution in [0.3, 0.4) is 0 Å². The fourth-order valence-corrected chi connectivity index (χ4v) is 22.1. The van der Waals surface area contributed by atoms with Crippen molar-refractivity contribution in [2.45, 2.75) is 368 Å². The van der Waals surface area contributed by atoms with Gasteiger partial charge in [-0.05, 0) is 177 Å². The van der Waals surface area contributed by atoms with E-state index in [1.54, 1.807) is 38.5 Å². The summed E-state index contributed by atoms with van der Waals surface area (Å²) in [5.74, 6) is 5.87. The zero-order chi connectivity index (χ0) is 45.2. The van der Waals surface area contributed by atoms with Gasteiger partial charge in [0, 0.05) is 72.5 Å². The first-order valence-electron chi connectivity index (χ1n) is 32.9. The minimum atomic E-state index is 0.862. The molecular formula is C64H110N4. The highest BCUT2D eigenvalue weighted by molar-refractivity contribution is 5.16. The lowest BCUT2D eigenvalue weighted by molar-refractivity contribution is -0.195. The lowest BCUT2D eigenvalue weighted by Crippen LogP contribution is -2.72. The molecule has 0 bridgehead atoms. The summed E-state index contributed by atoms with van der Waals surface area (Å²) in [5.41, 5.74) is 0. The summed E-state index contributed by atoms with van der Waals surface area (Å²) >= 11 is 0. The second-order valence-corrected chi connectivity index (χ2v) is 27.8. The highest BCUT2D eigenvalue weighted by Crippen LogP contribution is 2.64. The molecule has 0 aliphatic heterocycles. The summed E-state index contributed by atoms with van der Waals surface area (Å²) in [6.45, 7) is 0. The van der Waals surface area contributed by atoms with Crippen molar-refractivity contribution in [1.29, 1.82) is 0 Å². The first kappa shape index (κ1) is 48.8. The number of rotatable bonds is 12. The predicted octanol–water partition coefficient (Wildman–Crippen LogP) is 16.4. The van der Waals surface area contributed by atoms with Crippen LogP contribution in [0.2, 0.25) is 0 Å². The Morgan fingerprint density at radius 3 is 0.456 bits per heavy atom. The molecule has 12 saturated carbocycles. The van der Waals surface area contributed by atoms with Crippen LogP contribution in [0, 0.1) is 35.5 Å². The van der Waals surface area contributed by atoms with E-state index in [-0.39, 0.29) is 0 Å². The van der Waals surface area contributed by atoms with Gasteiger partial charge in [0.2, 0.25) is 0 Å². The molecule has 12 aliphatic carbocycles. The van der Waals surface area contributed by atoms with Gasteiger partial charge in [-0.2, -0.15) is 0 Å². The molecule has 0 aromatic heterocycles. The maximum atomic E-state index is 3.54. The maximum Gasteiger partial charge on any atom is 0.0147 e. The van der Waals surface area contributed by atoms with E-state index in [0.29, 0.717) is 0 Å². The Morgan fingerprint density at radius 2 is 0.309 bits per heavy atom. The maximum absolute atomic E-state index is 3.54. The molecule has 12 aliphatic rings. The molecule has 0 aromatic carbocycles. The molecule has 0 saturated heterocycles. The molecule has 4 heteroatoms. The summed E-state index contributed by atoms with van der Waals surface area (Å²) in [6, 6.07) is 10.5. The molecule has 8 unspecified atom stereocenters. The Kier molecular flexibility index (Phi) is 16.6. The minimum Gasteiger partial charge on any atom is -0.294 e. The van der Waals surface area contributed by atoms with E-state index in [2.05, 4.69) is 19.6 Å². The lowest BCUT2D eigenvalue weighted by Gasteiger charge is -2.69. The molecule has 12 fully saturated rings. The largest absolute Gasteiger partial charge is 0.294 e. The Morgan fingerprint density at radius 1 is 0.162 bits per heavy atom. The Balaban J connectivity index is 0.995. The summed E-state index contributed by atoms with van der Waals surface area (Å²) in [7, 11) is 0. The number of hydrogen-bond donors (Lipinski definition) is 0. The fraction of sp³-hybridized carbons (Fsp3) is 1.00. The van der Waals surface area contributed by atoms with Gasteiger partial charge < -0.3 is 0 Å². The van der Waals surface area contributed by atoms with E-state index in [9.17, 15) is 0 Å². The van der Waals surface area contributed by atoms with Crippen LogP contribution in [0.15, 0.2) is 0 Å².